The average Bonchev–Trinajstić information content (AvgIpc) is 3.42. The Morgan fingerprint density at radius 1 is 1.00 bits per heavy atom. The fraction of sp³-hybridized carbons (Fsp3) is 0.333. The molecule has 28 heavy (non-hydrogen) atoms. The van der Waals surface area contributed by atoms with Gasteiger partial charge in [-0.1, -0.05) is 74.2 Å². The summed E-state index contributed by atoms with van der Waals surface area (Å²) < 4.78 is 7.46. The van der Waals surface area contributed by atoms with Crippen molar-refractivity contribution in [1.82, 2.24) is 9.78 Å². The van der Waals surface area contributed by atoms with Gasteiger partial charge in [-0.25, -0.2) is 4.68 Å². The minimum Gasteiger partial charge on any atom is -0.461 e. The number of rotatable bonds is 7. The molecule has 1 saturated carbocycles. The lowest BCUT2D eigenvalue weighted by atomic mass is 10.0. The van der Waals surface area contributed by atoms with Crippen LogP contribution in [0.15, 0.2) is 66.9 Å². The summed E-state index contributed by atoms with van der Waals surface area (Å²) in [7, 11) is 0. The zero-order valence-electron chi connectivity index (χ0n) is 16.1. The maximum atomic E-state index is 12.2. The molecular weight excluding hydrogens is 348 g/mol. The fourth-order valence-electron chi connectivity index (χ4n) is 3.92. The number of carbonyl (C=O) groups is 1. The van der Waals surface area contributed by atoms with Crippen LogP contribution in [0.5, 0.6) is 0 Å². The molecule has 0 radical (unpaired) electrons. The lowest BCUT2D eigenvalue weighted by Crippen LogP contribution is -2.07. The molecule has 1 heterocycles. The van der Waals surface area contributed by atoms with E-state index in [1.807, 2.05) is 71.5 Å². The van der Waals surface area contributed by atoms with Crippen molar-refractivity contribution in [1.29, 1.82) is 0 Å². The van der Waals surface area contributed by atoms with Gasteiger partial charge in [0.15, 0.2) is 0 Å². The number of hydrogen-bond donors (Lipinski definition) is 0. The molecule has 0 unspecified atom stereocenters. The molecule has 2 aromatic carbocycles. The summed E-state index contributed by atoms with van der Waals surface area (Å²) in [5.74, 6) is 0.589. The first-order chi connectivity index (χ1) is 13.8. The van der Waals surface area contributed by atoms with Gasteiger partial charge in [-0.3, -0.25) is 4.79 Å². The molecule has 4 heteroatoms. The normalized spacial score (nSPS) is 14.3. The fourth-order valence-corrected chi connectivity index (χ4v) is 3.92. The van der Waals surface area contributed by atoms with E-state index in [1.54, 1.807) is 0 Å². The standard InChI is InChI=1S/C24H26N2O2/c27-23(16-15-19-9-7-8-10-19)28-18-21-17-26(22-13-5-2-6-14-22)25-24(21)20-11-3-1-4-12-20/h1-6,11-14,17,19H,7-10,15-16,18H2. The minimum absolute atomic E-state index is 0.113. The monoisotopic (exact) mass is 374 g/mol. The van der Waals surface area contributed by atoms with E-state index in [0.717, 1.165) is 28.9 Å². The van der Waals surface area contributed by atoms with Crippen LogP contribution in [0.25, 0.3) is 16.9 Å². The second-order valence-corrected chi connectivity index (χ2v) is 7.50. The predicted octanol–water partition coefficient (Wildman–Crippen LogP) is 5.55. The highest BCUT2D eigenvalue weighted by atomic mass is 16.5. The maximum absolute atomic E-state index is 12.2. The first kappa shape index (κ1) is 18.5. The molecular formula is C24H26N2O2. The van der Waals surface area contributed by atoms with Crippen LogP contribution in [0.2, 0.25) is 0 Å². The lowest BCUT2D eigenvalue weighted by molar-refractivity contribution is -0.145. The number of benzene rings is 2. The maximum Gasteiger partial charge on any atom is 0.306 e. The van der Waals surface area contributed by atoms with Gasteiger partial charge in [0.2, 0.25) is 0 Å². The van der Waals surface area contributed by atoms with Crippen molar-refractivity contribution in [2.24, 2.45) is 5.92 Å². The van der Waals surface area contributed by atoms with Gasteiger partial charge in [-0.05, 0) is 24.5 Å². The van der Waals surface area contributed by atoms with Crippen LogP contribution in [-0.2, 0) is 16.1 Å². The van der Waals surface area contributed by atoms with Gasteiger partial charge in [0, 0.05) is 23.7 Å². The van der Waals surface area contributed by atoms with Gasteiger partial charge in [0.25, 0.3) is 0 Å². The number of ether oxygens (including phenoxy) is 1. The zero-order chi connectivity index (χ0) is 19.2. The van der Waals surface area contributed by atoms with Gasteiger partial charge in [-0.15, -0.1) is 0 Å². The summed E-state index contributed by atoms with van der Waals surface area (Å²) >= 11 is 0. The average molecular weight is 374 g/mol. The molecule has 0 spiro atoms. The van der Waals surface area contributed by atoms with Gasteiger partial charge in [-0.2, -0.15) is 5.10 Å². The molecule has 0 saturated heterocycles. The summed E-state index contributed by atoms with van der Waals surface area (Å²) in [6, 6.07) is 20.0. The highest BCUT2D eigenvalue weighted by Gasteiger charge is 2.18. The third-order valence-electron chi connectivity index (χ3n) is 5.48. The second-order valence-electron chi connectivity index (χ2n) is 7.50. The van der Waals surface area contributed by atoms with E-state index in [2.05, 4.69) is 0 Å². The van der Waals surface area contributed by atoms with E-state index < -0.39 is 0 Å². The van der Waals surface area contributed by atoms with Crippen molar-refractivity contribution < 1.29 is 9.53 Å². The van der Waals surface area contributed by atoms with Crippen LogP contribution >= 0.6 is 0 Å². The van der Waals surface area contributed by atoms with Crippen molar-refractivity contribution in [2.45, 2.75) is 45.1 Å². The lowest BCUT2D eigenvalue weighted by Gasteiger charge is -2.08. The molecule has 0 aliphatic heterocycles. The van der Waals surface area contributed by atoms with Crippen molar-refractivity contribution >= 4 is 5.97 Å². The van der Waals surface area contributed by atoms with Gasteiger partial charge >= 0.3 is 5.97 Å². The molecule has 1 aliphatic carbocycles. The molecule has 4 nitrogen and oxygen atoms in total. The van der Waals surface area contributed by atoms with Crippen LogP contribution in [0.3, 0.4) is 0 Å². The number of aromatic nitrogens is 2. The Labute approximate surface area is 166 Å². The smallest absolute Gasteiger partial charge is 0.306 e. The molecule has 1 fully saturated rings. The van der Waals surface area contributed by atoms with E-state index in [1.165, 1.54) is 25.7 Å². The zero-order valence-corrected chi connectivity index (χ0v) is 16.1. The molecule has 0 atom stereocenters. The third-order valence-corrected chi connectivity index (χ3v) is 5.48. The van der Waals surface area contributed by atoms with Crippen LogP contribution in [0, 0.1) is 5.92 Å². The van der Waals surface area contributed by atoms with Crippen molar-refractivity contribution in [2.75, 3.05) is 0 Å². The summed E-state index contributed by atoms with van der Waals surface area (Å²) in [6.45, 7) is 0.251. The van der Waals surface area contributed by atoms with Crippen LogP contribution < -0.4 is 0 Å². The summed E-state index contributed by atoms with van der Waals surface area (Å²) in [5, 5.41) is 4.76. The number of nitrogens with zero attached hydrogens (tertiary/aromatic N) is 2. The SMILES string of the molecule is O=C(CCC1CCCC1)OCc1cn(-c2ccccc2)nc1-c1ccccc1. The van der Waals surface area contributed by atoms with Crippen LogP contribution in [-0.4, -0.2) is 15.7 Å². The summed E-state index contributed by atoms with van der Waals surface area (Å²) in [6.07, 6.45) is 8.55. The number of para-hydroxylation sites is 1. The van der Waals surface area contributed by atoms with E-state index in [4.69, 9.17) is 9.84 Å². The summed E-state index contributed by atoms with van der Waals surface area (Å²) in [5.41, 5.74) is 3.78. The molecule has 0 amide bonds. The minimum atomic E-state index is -0.113. The Bertz CT molecular complexity index is 897. The van der Waals surface area contributed by atoms with E-state index in [-0.39, 0.29) is 12.6 Å². The molecule has 1 aromatic heterocycles. The van der Waals surface area contributed by atoms with Gasteiger partial charge < -0.3 is 4.74 Å². The Hall–Kier alpha value is -2.88. The third kappa shape index (κ3) is 4.50. The number of carbonyl (C=O) groups excluding carboxylic acids is 1. The molecule has 0 N–H and O–H groups in total. The quantitative estimate of drug-likeness (QED) is 0.509. The molecule has 3 aromatic rings. The van der Waals surface area contributed by atoms with Crippen LogP contribution in [0.1, 0.15) is 44.1 Å². The summed E-state index contributed by atoms with van der Waals surface area (Å²) in [4.78, 5) is 12.2. The number of hydrogen-bond acceptors (Lipinski definition) is 3. The topological polar surface area (TPSA) is 44.1 Å². The molecule has 1 aliphatic rings. The first-order valence-electron chi connectivity index (χ1n) is 10.1. The second kappa shape index (κ2) is 8.87. The van der Waals surface area contributed by atoms with E-state index in [9.17, 15) is 4.79 Å². The molecule has 0 bridgehead atoms. The van der Waals surface area contributed by atoms with Gasteiger partial charge in [0.1, 0.15) is 6.61 Å². The van der Waals surface area contributed by atoms with Crippen molar-refractivity contribution in [3.8, 4) is 16.9 Å². The largest absolute Gasteiger partial charge is 0.461 e. The number of esters is 1. The highest BCUT2D eigenvalue weighted by Crippen LogP contribution is 2.29. The Morgan fingerprint density at radius 3 is 2.39 bits per heavy atom. The Kier molecular flexibility index (Phi) is 5.86. The molecule has 144 valence electrons. The van der Waals surface area contributed by atoms with E-state index >= 15 is 0 Å². The Morgan fingerprint density at radius 2 is 1.68 bits per heavy atom. The van der Waals surface area contributed by atoms with Crippen LogP contribution in [0.4, 0.5) is 0 Å². The van der Waals surface area contributed by atoms with Gasteiger partial charge in [0.05, 0.1) is 11.4 Å². The molecule has 4 rings (SSSR count). The van der Waals surface area contributed by atoms with E-state index in [0.29, 0.717) is 12.3 Å². The highest BCUT2D eigenvalue weighted by molar-refractivity contribution is 5.70. The van der Waals surface area contributed by atoms with Crippen molar-refractivity contribution in [3.05, 3.63) is 72.4 Å². The predicted molar refractivity (Wildman–Crippen MR) is 110 cm³/mol. The van der Waals surface area contributed by atoms with Crippen molar-refractivity contribution in [3.63, 3.8) is 0 Å². The first-order valence-corrected chi connectivity index (χ1v) is 10.1. The Balaban J connectivity index is 1.48.